The Morgan fingerprint density at radius 3 is 2.54 bits per heavy atom. The third-order valence-electron chi connectivity index (χ3n) is 4.60. The van der Waals surface area contributed by atoms with Crippen LogP contribution in [0.1, 0.15) is 10.4 Å². The van der Waals surface area contributed by atoms with E-state index in [2.05, 4.69) is 36.5 Å². The summed E-state index contributed by atoms with van der Waals surface area (Å²) in [4.78, 5) is 24.9. The molecule has 7 nitrogen and oxygen atoms in total. The van der Waals surface area contributed by atoms with E-state index >= 15 is 0 Å². The fraction of sp³-hybridized carbons (Fsp3) is 0.350. The molecule has 1 fully saturated rings. The summed E-state index contributed by atoms with van der Waals surface area (Å²) in [6.07, 6.45) is 3.20. The molecule has 1 aromatic heterocycles. The Morgan fingerprint density at radius 2 is 1.86 bits per heavy atom. The van der Waals surface area contributed by atoms with Gasteiger partial charge in [0.05, 0.1) is 16.3 Å². The second kappa shape index (κ2) is 9.94. The Morgan fingerprint density at radius 1 is 1.11 bits per heavy atom. The number of pyridine rings is 1. The molecule has 0 spiro atoms. The number of anilines is 1. The lowest BCUT2D eigenvalue weighted by Gasteiger charge is -2.38. The number of halogens is 1. The average Bonchev–Trinajstić information content (AvgIpc) is 2.75. The van der Waals surface area contributed by atoms with Crippen LogP contribution in [0.25, 0.3) is 0 Å². The van der Waals surface area contributed by atoms with Crippen LogP contribution < -0.4 is 15.5 Å². The van der Waals surface area contributed by atoms with Gasteiger partial charge in [-0.1, -0.05) is 23.7 Å². The first-order valence-electron chi connectivity index (χ1n) is 9.32. The lowest BCUT2D eigenvalue weighted by molar-refractivity contribution is 0.0954. The minimum Gasteiger partial charge on any atom is -0.367 e. The zero-order chi connectivity index (χ0) is 19.8. The molecule has 1 aromatic carbocycles. The third kappa shape index (κ3) is 5.13. The van der Waals surface area contributed by atoms with E-state index in [9.17, 15) is 4.79 Å². The van der Waals surface area contributed by atoms with E-state index in [4.69, 9.17) is 11.6 Å². The van der Waals surface area contributed by atoms with Crippen LogP contribution in [0.2, 0.25) is 5.02 Å². The molecule has 0 aliphatic carbocycles. The fourth-order valence-electron chi connectivity index (χ4n) is 3.15. The van der Waals surface area contributed by atoms with Gasteiger partial charge >= 0.3 is 0 Å². The molecule has 0 bridgehead atoms. The van der Waals surface area contributed by atoms with Crippen LogP contribution in [0.3, 0.4) is 0 Å². The quantitative estimate of drug-likeness (QED) is 0.455. The Balaban J connectivity index is 1.42. The number of hydrogen-bond acceptors (Lipinski definition) is 4. The summed E-state index contributed by atoms with van der Waals surface area (Å²) in [5.41, 5.74) is 1.63. The number of para-hydroxylation sites is 1. The normalized spacial score (nSPS) is 14.7. The molecule has 0 saturated carbocycles. The summed E-state index contributed by atoms with van der Waals surface area (Å²) >= 11 is 6.31. The van der Waals surface area contributed by atoms with Gasteiger partial charge in [-0.15, -0.1) is 0 Å². The van der Waals surface area contributed by atoms with Crippen LogP contribution in [0.4, 0.5) is 5.69 Å². The van der Waals surface area contributed by atoms with Gasteiger partial charge in [0.2, 0.25) is 0 Å². The van der Waals surface area contributed by atoms with E-state index in [1.165, 1.54) is 0 Å². The molecule has 8 heteroatoms. The van der Waals surface area contributed by atoms with Crippen molar-refractivity contribution in [3.63, 3.8) is 0 Å². The number of aromatic nitrogens is 1. The molecule has 1 aliphatic rings. The van der Waals surface area contributed by atoms with Crippen molar-refractivity contribution < 1.29 is 4.79 Å². The molecule has 0 unspecified atom stereocenters. The monoisotopic (exact) mass is 400 g/mol. The number of nitrogens with zero attached hydrogens (tertiary/aromatic N) is 4. The predicted octanol–water partition coefficient (Wildman–Crippen LogP) is 1.86. The van der Waals surface area contributed by atoms with Crippen molar-refractivity contribution in [1.82, 2.24) is 20.5 Å². The number of aliphatic imine (C=N–C) groups is 1. The van der Waals surface area contributed by atoms with Gasteiger partial charge in [-0.05, 0) is 24.3 Å². The molecule has 0 radical (unpaired) electrons. The summed E-state index contributed by atoms with van der Waals surface area (Å²) in [5.74, 6) is 0.715. The van der Waals surface area contributed by atoms with E-state index < -0.39 is 0 Å². The number of benzene rings is 1. The summed E-state index contributed by atoms with van der Waals surface area (Å²) < 4.78 is 0. The van der Waals surface area contributed by atoms with Gasteiger partial charge in [-0.25, -0.2) is 0 Å². The lowest BCUT2D eigenvalue weighted by atomic mass is 10.2. The van der Waals surface area contributed by atoms with Crippen molar-refractivity contribution in [2.24, 2.45) is 4.99 Å². The van der Waals surface area contributed by atoms with Gasteiger partial charge < -0.3 is 20.4 Å². The number of rotatable bonds is 5. The maximum Gasteiger partial charge on any atom is 0.252 e. The number of guanidine groups is 1. The first-order chi connectivity index (χ1) is 13.7. The summed E-state index contributed by atoms with van der Waals surface area (Å²) in [6.45, 7) is 4.57. The van der Waals surface area contributed by atoms with Gasteiger partial charge in [0, 0.05) is 58.7 Å². The molecule has 148 valence electrons. The van der Waals surface area contributed by atoms with Crippen LogP contribution in [0.15, 0.2) is 53.8 Å². The molecule has 1 saturated heterocycles. The van der Waals surface area contributed by atoms with E-state index in [1.807, 2.05) is 18.2 Å². The summed E-state index contributed by atoms with van der Waals surface area (Å²) in [5, 5.41) is 6.97. The zero-order valence-corrected chi connectivity index (χ0v) is 16.7. The first kappa shape index (κ1) is 19.9. The number of nitrogens with one attached hydrogen (secondary N) is 2. The topological polar surface area (TPSA) is 72.9 Å². The van der Waals surface area contributed by atoms with Gasteiger partial charge in [0.1, 0.15) is 0 Å². The first-order valence-corrected chi connectivity index (χ1v) is 9.70. The molecule has 0 atom stereocenters. The predicted molar refractivity (Wildman–Crippen MR) is 113 cm³/mol. The van der Waals surface area contributed by atoms with Gasteiger partial charge in [-0.3, -0.25) is 14.8 Å². The number of piperazine rings is 1. The van der Waals surface area contributed by atoms with E-state index in [1.54, 1.807) is 31.6 Å². The molecule has 1 aliphatic heterocycles. The van der Waals surface area contributed by atoms with Crippen LogP contribution in [0, 0.1) is 0 Å². The second-order valence-corrected chi connectivity index (χ2v) is 6.80. The number of hydrogen-bond donors (Lipinski definition) is 2. The van der Waals surface area contributed by atoms with Crippen molar-refractivity contribution in [2.45, 2.75) is 0 Å². The Hall–Kier alpha value is -2.80. The van der Waals surface area contributed by atoms with Gasteiger partial charge in [-0.2, -0.15) is 0 Å². The lowest BCUT2D eigenvalue weighted by Crippen LogP contribution is -2.53. The molecule has 2 N–H and O–H groups in total. The number of carbonyl (C=O) groups is 1. The maximum atomic E-state index is 12.0. The summed E-state index contributed by atoms with van der Waals surface area (Å²) in [7, 11) is 1.77. The highest BCUT2D eigenvalue weighted by Crippen LogP contribution is 2.25. The smallest absolute Gasteiger partial charge is 0.252 e. The van der Waals surface area contributed by atoms with Crippen molar-refractivity contribution >= 4 is 29.2 Å². The standard InChI is InChI=1S/C20H25ClN6O/c1-22-20(25-10-9-24-19(28)16-5-4-8-23-15-16)27-13-11-26(12-14-27)18-7-3-2-6-17(18)21/h2-8,15H,9-14H2,1H3,(H,22,25)(H,24,28). The highest BCUT2D eigenvalue weighted by molar-refractivity contribution is 6.33. The molecule has 2 aromatic rings. The van der Waals surface area contributed by atoms with E-state index in [-0.39, 0.29) is 5.91 Å². The number of carbonyl (C=O) groups excluding carboxylic acids is 1. The van der Waals surface area contributed by atoms with E-state index in [0.717, 1.165) is 42.8 Å². The molecule has 2 heterocycles. The van der Waals surface area contributed by atoms with Crippen molar-refractivity contribution in [1.29, 1.82) is 0 Å². The Labute approximate surface area is 170 Å². The largest absolute Gasteiger partial charge is 0.367 e. The zero-order valence-electron chi connectivity index (χ0n) is 15.9. The van der Waals surface area contributed by atoms with Crippen molar-refractivity contribution in [3.05, 3.63) is 59.4 Å². The molecule has 3 rings (SSSR count). The maximum absolute atomic E-state index is 12.0. The van der Waals surface area contributed by atoms with Gasteiger partial charge in [0.15, 0.2) is 5.96 Å². The average molecular weight is 401 g/mol. The van der Waals surface area contributed by atoms with Crippen LogP contribution in [-0.4, -0.2) is 68.1 Å². The molecule has 28 heavy (non-hydrogen) atoms. The highest BCUT2D eigenvalue weighted by atomic mass is 35.5. The van der Waals surface area contributed by atoms with Crippen LogP contribution >= 0.6 is 11.6 Å². The molecular formula is C20H25ClN6O. The third-order valence-corrected chi connectivity index (χ3v) is 4.92. The minimum absolute atomic E-state index is 0.127. The van der Waals surface area contributed by atoms with Crippen molar-refractivity contribution in [3.8, 4) is 0 Å². The highest BCUT2D eigenvalue weighted by Gasteiger charge is 2.20. The Bertz CT molecular complexity index is 805. The number of amides is 1. The summed E-state index contributed by atoms with van der Waals surface area (Å²) in [6, 6.07) is 11.4. The van der Waals surface area contributed by atoms with E-state index in [0.29, 0.717) is 18.7 Å². The van der Waals surface area contributed by atoms with Crippen LogP contribution in [-0.2, 0) is 0 Å². The minimum atomic E-state index is -0.127. The van der Waals surface area contributed by atoms with Gasteiger partial charge in [0.25, 0.3) is 5.91 Å². The fourth-order valence-corrected chi connectivity index (χ4v) is 3.40. The second-order valence-electron chi connectivity index (χ2n) is 6.40. The molecule has 1 amide bonds. The van der Waals surface area contributed by atoms with Crippen LogP contribution in [0.5, 0.6) is 0 Å². The Kier molecular flexibility index (Phi) is 7.08. The SMILES string of the molecule is CN=C(NCCNC(=O)c1cccnc1)N1CCN(c2ccccc2Cl)CC1. The molecular weight excluding hydrogens is 376 g/mol. The van der Waals surface area contributed by atoms with Crippen molar-refractivity contribution in [2.75, 3.05) is 51.2 Å².